The van der Waals surface area contributed by atoms with Gasteiger partial charge in [0.15, 0.2) is 0 Å². The molecule has 0 unspecified atom stereocenters. The highest BCUT2D eigenvalue weighted by molar-refractivity contribution is 5.66. The number of hydrogen-bond donors (Lipinski definition) is 3. The van der Waals surface area contributed by atoms with Crippen LogP contribution in [0.5, 0.6) is 0 Å². The van der Waals surface area contributed by atoms with Crippen molar-refractivity contribution in [3.05, 3.63) is 17.3 Å². The van der Waals surface area contributed by atoms with E-state index in [0.29, 0.717) is 18.1 Å². The van der Waals surface area contributed by atoms with Crippen LogP contribution < -0.4 is 17.2 Å². The molecule has 0 radical (unpaired) electrons. The topological polar surface area (TPSA) is 90.9 Å². The minimum absolute atomic E-state index is 0.323. The van der Waals surface area contributed by atoms with Crippen LogP contribution in [-0.2, 0) is 0 Å². The summed E-state index contributed by atoms with van der Waals surface area (Å²) in [6.45, 7) is 2.18. The number of hydrogen-bond acceptors (Lipinski definition) is 4. The zero-order valence-electron chi connectivity index (χ0n) is 7.46. The van der Waals surface area contributed by atoms with Crippen LogP contribution in [0.25, 0.3) is 0 Å². The number of nitrogens with two attached hydrogens (primary N) is 3. The van der Waals surface area contributed by atoms with Gasteiger partial charge in [-0.05, 0) is 12.5 Å². The molecule has 0 aliphatic rings. The van der Waals surface area contributed by atoms with Crippen molar-refractivity contribution in [2.45, 2.75) is 6.92 Å². The quantitative estimate of drug-likeness (QED) is 0.480. The molecule has 0 amide bonds. The number of nitrogens with zero attached hydrogens (tertiary/aromatic N) is 1. The van der Waals surface area contributed by atoms with Gasteiger partial charge in [0.05, 0.1) is 12.2 Å². The number of nitrogen functional groups attached to an aromatic ring is 2. The van der Waals surface area contributed by atoms with Gasteiger partial charge in [-0.15, -0.1) is 0 Å². The van der Waals surface area contributed by atoms with Gasteiger partial charge in [-0.1, -0.05) is 11.8 Å². The van der Waals surface area contributed by atoms with Crippen molar-refractivity contribution in [3.63, 3.8) is 0 Å². The fourth-order valence-corrected chi connectivity index (χ4v) is 0.910. The second-order valence-electron chi connectivity index (χ2n) is 2.60. The molecule has 0 bridgehead atoms. The average molecular weight is 176 g/mol. The zero-order valence-corrected chi connectivity index (χ0v) is 7.46. The Bertz CT molecular complexity index is 373. The Morgan fingerprint density at radius 3 is 2.77 bits per heavy atom. The first-order valence-electron chi connectivity index (χ1n) is 3.86. The molecule has 1 heterocycles. The Kier molecular flexibility index (Phi) is 2.72. The minimum Gasteiger partial charge on any atom is -0.395 e. The van der Waals surface area contributed by atoms with Crippen LogP contribution in [0.1, 0.15) is 11.1 Å². The summed E-state index contributed by atoms with van der Waals surface area (Å²) in [7, 11) is 0. The third-order valence-corrected chi connectivity index (χ3v) is 1.74. The summed E-state index contributed by atoms with van der Waals surface area (Å²) >= 11 is 0. The van der Waals surface area contributed by atoms with E-state index in [0.717, 1.165) is 11.1 Å². The second kappa shape index (κ2) is 3.78. The van der Waals surface area contributed by atoms with Gasteiger partial charge in [-0.2, -0.15) is 0 Å². The summed E-state index contributed by atoms with van der Waals surface area (Å²) in [6.07, 6.45) is 1.60. The van der Waals surface area contributed by atoms with Gasteiger partial charge >= 0.3 is 0 Å². The summed E-state index contributed by atoms with van der Waals surface area (Å²) in [5.41, 5.74) is 18.5. The predicted octanol–water partition coefficient (Wildman–Crippen LogP) is -0.135. The summed E-state index contributed by atoms with van der Waals surface area (Å²) in [6, 6.07) is 0. The molecule has 0 spiro atoms. The Morgan fingerprint density at radius 1 is 1.46 bits per heavy atom. The van der Waals surface area contributed by atoms with Crippen LogP contribution >= 0.6 is 0 Å². The molecule has 0 atom stereocenters. The standard InChI is InChI=1S/C9H12N4/c1-6-7(3-2-4-10)5-13-9(12)8(6)11/h5H,4,10-11H2,1H3,(H2,12,13). The van der Waals surface area contributed by atoms with Gasteiger partial charge in [0.1, 0.15) is 5.82 Å². The van der Waals surface area contributed by atoms with Crippen molar-refractivity contribution >= 4 is 11.5 Å². The Hall–Kier alpha value is -1.73. The third-order valence-electron chi connectivity index (χ3n) is 1.74. The van der Waals surface area contributed by atoms with Crippen molar-refractivity contribution in [1.82, 2.24) is 4.98 Å². The van der Waals surface area contributed by atoms with Gasteiger partial charge in [-0.3, -0.25) is 0 Å². The van der Waals surface area contributed by atoms with E-state index in [-0.39, 0.29) is 0 Å². The van der Waals surface area contributed by atoms with E-state index in [1.54, 1.807) is 6.20 Å². The molecule has 0 aromatic carbocycles. The van der Waals surface area contributed by atoms with E-state index in [1.165, 1.54) is 0 Å². The Balaban J connectivity index is 3.18. The predicted molar refractivity (Wildman–Crippen MR) is 53.7 cm³/mol. The van der Waals surface area contributed by atoms with E-state index in [2.05, 4.69) is 16.8 Å². The van der Waals surface area contributed by atoms with Gasteiger partial charge in [0, 0.05) is 11.8 Å². The van der Waals surface area contributed by atoms with E-state index < -0.39 is 0 Å². The maximum Gasteiger partial charge on any atom is 0.146 e. The van der Waals surface area contributed by atoms with Crippen LogP contribution in [0, 0.1) is 18.8 Å². The number of aromatic nitrogens is 1. The third kappa shape index (κ3) is 1.89. The molecule has 68 valence electrons. The summed E-state index contributed by atoms with van der Waals surface area (Å²) < 4.78 is 0. The molecular formula is C9H12N4. The summed E-state index contributed by atoms with van der Waals surface area (Å²) in [5, 5.41) is 0. The van der Waals surface area contributed by atoms with Crippen LogP contribution in [-0.4, -0.2) is 11.5 Å². The molecule has 0 fully saturated rings. The molecule has 13 heavy (non-hydrogen) atoms. The molecule has 1 rings (SSSR count). The maximum atomic E-state index is 5.67. The lowest BCUT2D eigenvalue weighted by Crippen LogP contribution is -2.02. The second-order valence-corrected chi connectivity index (χ2v) is 2.60. The molecular weight excluding hydrogens is 164 g/mol. The molecule has 6 N–H and O–H groups in total. The first-order chi connectivity index (χ1) is 6.16. The summed E-state index contributed by atoms with van der Waals surface area (Å²) in [4.78, 5) is 3.90. The van der Waals surface area contributed by atoms with Crippen LogP contribution in [0.3, 0.4) is 0 Å². The normalized spacial score (nSPS) is 9.08. The molecule has 1 aromatic heterocycles. The summed E-state index contributed by atoms with van der Waals surface area (Å²) in [5.74, 6) is 5.94. The Morgan fingerprint density at radius 2 is 2.15 bits per heavy atom. The molecule has 1 aromatic rings. The van der Waals surface area contributed by atoms with E-state index >= 15 is 0 Å². The molecule has 0 saturated heterocycles. The monoisotopic (exact) mass is 176 g/mol. The SMILES string of the molecule is Cc1c(C#CCN)cnc(N)c1N. The molecule has 0 aliphatic heterocycles. The number of anilines is 2. The van der Waals surface area contributed by atoms with Crippen molar-refractivity contribution in [1.29, 1.82) is 0 Å². The van der Waals surface area contributed by atoms with E-state index in [4.69, 9.17) is 17.2 Å². The highest BCUT2D eigenvalue weighted by atomic mass is 14.9. The molecule has 4 nitrogen and oxygen atoms in total. The van der Waals surface area contributed by atoms with Crippen LogP contribution in [0.15, 0.2) is 6.20 Å². The lowest BCUT2D eigenvalue weighted by molar-refractivity contribution is 1.27. The van der Waals surface area contributed by atoms with Crippen molar-refractivity contribution in [2.24, 2.45) is 5.73 Å². The maximum absolute atomic E-state index is 5.67. The fourth-order valence-electron chi connectivity index (χ4n) is 0.910. The van der Waals surface area contributed by atoms with Gasteiger partial charge in [-0.25, -0.2) is 4.98 Å². The average Bonchev–Trinajstić information content (AvgIpc) is 2.13. The smallest absolute Gasteiger partial charge is 0.146 e. The van der Waals surface area contributed by atoms with Gasteiger partial charge in [0.25, 0.3) is 0 Å². The first kappa shape index (κ1) is 9.36. The molecule has 0 aliphatic carbocycles. The minimum atomic E-state index is 0.323. The molecule has 4 heteroatoms. The first-order valence-corrected chi connectivity index (χ1v) is 3.86. The Labute approximate surface area is 77.1 Å². The van der Waals surface area contributed by atoms with Crippen molar-refractivity contribution in [2.75, 3.05) is 18.0 Å². The highest BCUT2D eigenvalue weighted by Crippen LogP contribution is 2.18. The number of rotatable bonds is 0. The number of pyridine rings is 1. The fraction of sp³-hybridized carbons (Fsp3) is 0.222. The lowest BCUT2D eigenvalue weighted by Gasteiger charge is -2.04. The van der Waals surface area contributed by atoms with Crippen molar-refractivity contribution in [3.8, 4) is 11.8 Å². The lowest BCUT2D eigenvalue weighted by atomic mass is 10.1. The van der Waals surface area contributed by atoms with E-state index in [1.807, 2.05) is 6.92 Å². The molecule has 0 saturated carbocycles. The largest absolute Gasteiger partial charge is 0.395 e. The van der Waals surface area contributed by atoms with Crippen molar-refractivity contribution < 1.29 is 0 Å². The van der Waals surface area contributed by atoms with Gasteiger partial charge < -0.3 is 17.2 Å². The van der Waals surface area contributed by atoms with Crippen LogP contribution in [0.2, 0.25) is 0 Å². The highest BCUT2D eigenvalue weighted by Gasteiger charge is 2.03. The van der Waals surface area contributed by atoms with Gasteiger partial charge in [0.2, 0.25) is 0 Å². The zero-order chi connectivity index (χ0) is 9.84. The van der Waals surface area contributed by atoms with Crippen LogP contribution in [0.4, 0.5) is 11.5 Å². The van der Waals surface area contributed by atoms with E-state index in [9.17, 15) is 0 Å².